The number of amides is 1. The molecular weight excluding hydrogens is 366 g/mol. The highest BCUT2D eigenvalue weighted by atomic mass is 32.2. The Morgan fingerprint density at radius 3 is 2.64 bits per heavy atom. The third-order valence-electron chi connectivity index (χ3n) is 4.89. The largest absolute Gasteiger partial charge is 0.378 e. The van der Waals surface area contributed by atoms with E-state index in [1.807, 2.05) is 61.1 Å². The zero-order valence-corrected chi connectivity index (χ0v) is 17.1. The van der Waals surface area contributed by atoms with E-state index in [0.717, 1.165) is 22.9 Å². The van der Waals surface area contributed by atoms with Gasteiger partial charge in [-0.1, -0.05) is 24.3 Å². The second kappa shape index (κ2) is 7.60. The first-order valence-corrected chi connectivity index (χ1v) is 10.2. The molecule has 0 spiro atoms. The maximum Gasteiger partial charge on any atom is 0.255 e. The predicted molar refractivity (Wildman–Crippen MR) is 119 cm³/mol. The van der Waals surface area contributed by atoms with Gasteiger partial charge in [0.15, 0.2) is 0 Å². The SMILES string of the molecule is Cc1ccc(NC(=O)c2cccc(N(C)C)c2)cc1N1CSc2ccccc21. The molecule has 1 N–H and O–H groups in total. The molecule has 1 amide bonds. The second-order valence-electron chi connectivity index (χ2n) is 7.07. The number of thioether (sulfide) groups is 1. The average molecular weight is 390 g/mol. The molecule has 3 aromatic carbocycles. The van der Waals surface area contributed by atoms with Crippen LogP contribution in [0.3, 0.4) is 0 Å². The predicted octanol–water partition coefficient (Wildman–Crippen LogP) is 5.51. The van der Waals surface area contributed by atoms with Crippen molar-refractivity contribution in [2.75, 3.05) is 35.1 Å². The van der Waals surface area contributed by atoms with E-state index in [4.69, 9.17) is 0 Å². The lowest BCUT2D eigenvalue weighted by Crippen LogP contribution is -2.16. The van der Waals surface area contributed by atoms with Crippen molar-refractivity contribution in [3.63, 3.8) is 0 Å². The normalized spacial score (nSPS) is 12.6. The second-order valence-corrected chi connectivity index (χ2v) is 8.06. The quantitative estimate of drug-likeness (QED) is 0.638. The van der Waals surface area contributed by atoms with Gasteiger partial charge in [0, 0.05) is 41.6 Å². The standard InChI is InChI=1S/C23H23N3OS/c1-16-11-12-18(24-23(27)17-7-6-8-19(13-17)25(2)3)14-21(16)26-15-28-22-10-5-4-9-20(22)26/h4-14H,15H2,1-3H3,(H,24,27). The highest BCUT2D eigenvalue weighted by Crippen LogP contribution is 2.44. The van der Waals surface area contributed by atoms with Gasteiger partial charge in [0.1, 0.15) is 0 Å². The number of hydrogen-bond donors (Lipinski definition) is 1. The molecule has 142 valence electrons. The van der Waals surface area contributed by atoms with Crippen LogP contribution in [0.4, 0.5) is 22.7 Å². The first-order valence-electron chi connectivity index (χ1n) is 9.22. The number of carbonyl (C=O) groups is 1. The minimum atomic E-state index is -0.102. The highest BCUT2D eigenvalue weighted by molar-refractivity contribution is 7.99. The number of rotatable bonds is 4. The molecule has 0 unspecified atom stereocenters. The summed E-state index contributed by atoms with van der Waals surface area (Å²) in [5.74, 6) is 0.775. The van der Waals surface area contributed by atoms with Crippen LogP contribution in [0.1, 0.15) is 15.9 Å². The number of benzene rings is 3. The summed E-state index contributed by atoms with van der Waals surface area (Å²) in [4.78, 5) is 18.3. The van der Waals surface area contributed by atoms with Gasteiger partial charge in [-0.25, -0.2) is 0 Å². The molecule has 0 radical (unpaired) electrons. The number of fused-ring (bicyclic) bond motifs is 1. The van der Waals surface area contributed by atoms with Crippen molar-refractivity contribution in [3.05, 3.63) is 77.9 Å². The summed E-state index contributed by atoms with van der Waals surface area (Å²) in [6.07, 6.45) is 0. The van der Waals surface area contributed by atoms with Gasteiger partial charge in [0.25, 0.3) is 5.91 Å². The molecule has 5 heteroatoms. The average Bonchev–Trinajstić information content (AvgIpc) is 3.13. The van der Waals surface area contributed by atoms with Gasteiger partial charge in [-0.2, -0.15) is 0 Å². The Labute approximate surface area is 170 Å². The van der Waals surface area contributed by atoms with E-state index in [9.17, 15) is 4.79 Å². The first kappa shape index (κ1) is 18.4. The number of carbonyl (C=O) groups excluding carboxylic acids is 1. The molecule has 4 nitrogen and oxygen atoms in total. The number of anilines is 4. The number of para-hydroxylation sites is 1. The lowest BCUT2D eigenvalue weighted by Gasteiger charge is -2.22. The monoisotopic (exact) mass is 389 g/mol. The molecule has 4 rings (SSSR count). The van der Waals surface area contributed by atoms with Crippen molar-refractivity contribution < 1.29 is 4.79 Å². The van der Waals surface area contributed by atoms with Gasteiger partial charge >= 0.3 is 0 Å². The minimum Gasteiger partial charge on any atom is -0.378 e. The molecule has 3 aromatic rings. The van der Waals surface area contributed by atoms with E-state index in [1.165, 1.54) is 16.1 Å². The fraction of sp³-hybridized carbons (Fsp3) is 0.174. The lowest BCUT2D eigenvalue weighted by atomic mass is 10.1. The molecule has 0 aromatic heterocycles. The van der Waals surface area contributed by atoms with Crippen LogP contribution < -0.4 is 15.1 Å². The molecule has 0 bridgehead atoms. The first-order chi connectivity index (χ1) is 13.5. The highest BCUT2D eigenvalue weighted by Gasteiger charge is 2.22. The van der Waals surface area contributed by atoms with Gasteiger partial charge in [0.2, 0.25) is 0 Å². The van der Waals surface area contributed by atoms with Gasteiger partial charge in [0.05, 0.1) is 11.6 Å². The van der Waals surface area contributed by atoms with Gasteiger partial charge in [-0.15, -0.1) is 11.8 Å². The third kappa shape index (κ3) is 3.58. The summed E-state index contributed by atoms with van der Waals surface area (Å²) in [5, 5.41) is 3.05. The fourth-order valence-electron chi connectivity index (χ4n) is 3.31. The van der Waals surface area contributed by atoms with Crippen LogP contribution in [0.15, 0.2) is 71.6 Å². The summed E-state index contributed by atoms with van der Waals surface area (Å²) in [6, 6.07) is 22.2. The van der Waals surface area contributed by atoms with Crippen LogP contribution in [-0.4, -0.2) is 25.9 Å². The van der Waals surface area contributed by atoms with Crippen molar-refractivity contribution in [1.82, 2.24) is 0 Å². The van der Waals surface area contributed by atoms with Crippen LogP contribution in [0.25, 0.3) is 0 Å². The zero-order valence-electron chi connectivity index (χ0n) is 16.3. The maximum atomic E-state index is 12.8. The van der Waals surface area contributed by atoms with E-state index in [1.54, 1.807) is 0 Å². The Balaban J connectivity index is 1.60. The van der Waals surface area contributed by atoms with E-state index in [0.29, 0.717) is 5.56 Å². The van der Waals surface area contributed by atoms with E-state index >= 15 is 0 Å². The van der Waals surface area contributed by atoms with E-state index in [-0.39, 0.29) is 5.91 Å². The summed E-state index contributed by atoms with van der Waals surface area (Å²) in [7, 11) is 3.93. The summed E-state index contributed by atoms with van der Waals surface area (Å²) in [5.41, 5.74) is 5.98. The molecule has 1 aliphatic heterocycles. The van der Waals surface area contributed by atoms with Crippen molar-refractivity contribution in [1.29, 1.82) is 0 Å². The molecule has 0 fully saturated rings. The number of hydrogen-bond acceptors (Lipinski definition) is 4. The van der Waals surface area contributed by atoms with E-state index in [2.05, 4.69) is 53.5 Å². The molecule has 0 saturated carbocycles. The van der Waals surface area contributed by atoms with Crippen molar-refractivity contribution >= 4 is 40.4 Å². The van der Waals surface area contributed by atoms with Crippen LogP contribution >= 0.6 is 11.8 Å². The molecular formula is C23H23N3OS. The zero-order chi connectivity index (χ0) is 19.7. The third-order valence-corrected chi connectivity index (χ3v) is 5.93. The smallest absolute Gasteiger partial charge is 0.255 e. The number of nitrogens with zero attached hydrogens (tertiary/aromatic N) is 2. The summed E-state index contributed by atoms with van der Waals surface area (Å²) < 4.78 is 0. The summed E-state index contributed by atoms with van der Waals surface area (Å²) >= 11 is 1.83. The van der Waals surface area contributed by atoms with Crippen LogP contribution in [0, 0.1) is 6.92 Å². The summed E-state index contributed by atoms with van der Waals surface area (Å²) in [6.45, 7) is 2.10. The lowest BCUT2D eigenvalue weighted by molar-refractivity contribution is 0.102. The molecule has 0 aliphatic carbocycles. The Morgan fingerprint density at radius 1 is 1.00 bits per heavy atom. The van der Waals surface area contributed by atoms with Crippen LogP contribution in [0.2, 0.25) is 0 Å². The molecule has 1 aliphatic rings. The molecule has 1 heterocycles. The minimum absolute atomic E-state index is 0.102. The van der Waals surface area contributed by atoms with Crippen molar-refractivity contribution in [2.24, 2.45) is 0 Å². The van der Waals surface area contributed by atoms with Crippen LogP contribution in [-0.2, 0) is 0 Å². The molecule has 0 atom stereocenters. The molecule has 0 saturated heterocycles. The van der Waals surface area contributed by atoms with Crippen molar-refractivity contribution in [2.45, 2.75) is 11.8 Å². The van der Waals surface area contributed by atoms with Gasteiger partial charge in [-0.3, -0.25) is 4.79 Å². The fourth-order valence-corrected chi connectivity index (χ4v) is 4.36. The van der Waals surface area contributed by atoms with E-state index < -0.39 is 0 Å². The Morgan fingerprint density at radius 2 is 1.82 bits per heavy atom. The topological polar surface area (TPSA) is 35.6 Å². The van der Waals surface area contributed by atoms with Crippen molar-refractivity contribution in [3.8, 4) is 0 Å². The number of aryl methyl sites for hydroxylation is 1. The number of nitrogens with one attached hydrogen (secondary N) is 1. The Bertz CT molecular complexity index is 1030. The Hall–Kier alpha value is -2.92. The maximum absolute atomic E-state index is 12.8. The van der Waals surface area contributed by atoms with Gasteiger partial charge in [-0.05, 0) is 55.0 Å². The van der Waals surface area contributed by atoms with Crippen LogP contribution in [0.5, 0.6) is 0 Å². The Kier molecular flexibility index (Phi) is 5.01. The molecule has 28 heavy (non-hydrogen) atoms. The van der Waals surface area contributed by atoms with Gasteiger partial charge < -0.3 is 15.1 Å².